The molecule has 5 rings (SSSR count). The van der Waals surface area contributed by atoms with Crippen molar-refractivity contribution in [3.05, 3.63) is 88.8 Å². The van der Waals surface area contributed by atoms with Crippen molar-refractivity contribution in [2.24, 2.45) is 0 Å². The molecule has 0 aliphatic carbocycles. The molecule has 2 saturated heterocycles. The summed E-state index contributed by atoms with van der Waals surface area (Å²) in [6, 6.07) is 22.6. The molecule has 11 heteroatoms. The van der Waals surface area contributed by atoms with Crippen LogP contribution in [0, 0.1) is 0 Å². The van der Waals surface area contributed by atoms with E-state index in [1.165, 1.54) is 7.11 Å². The average molecular weight is 629 g/mol. The Morgan fingerprint density at radius 1 is 0.933 bits per heavy atom. The molecule has 0 spiro atoms. The van der Waals surface area contributed by atoms with Crippen molar-refractivity contribution in [1.29, 1.82) is 0 Å². The first-order chi connectivity index (χ1) is 21.7. The number of rotatable bonds is 10. The van der Waals surface area contributed by atoms with E-state index in [-0.39, 0.29) is 35.8 Å². The molecule has 1 N–H and O–H groups in total. The van der Waals surface area contributed by atoms with Crippen LogP contribution >= 0.6 is 11.8 Å². The van der Waals surface area contributed by atoms with Gasteiger partial charge in [-0.1, -0.05) is 56.3 Å². The van der Waals surface area contributed by atoms with E-state index in [2.05, 4.69) is 24.1 Å². The molecule has 2 heterocycles. The number of amides is 4. The van der Waals surface area contributed by atoms with Crippen LogP contribution in [0.1, 0.15) is 30.9 Å². The Kier molecular flexibility index (Phi) is 10.1. The van der Waals surface area contributed by atoms with Crippen molar-refractivity contribution >= 4 is 52.2 Å². The van der Waals surface area contributed by atoms with E-state index < -0.39 is 11.1 Å². The maximum absolute atomic E-state index is 13.1. The molecule has 234 valence electrons. The fraction of sp³-hybridized carbons (Fsp3) is 0.294. The van der Waals surface area contributed by atoms with Crippen LogP contribution in [-0.2, 0) is 14.4 Å². The number of carbonyl (C=O) groups is 4. The van der Waals surface area contributed by atoms with E-state index in [1.54, 1.807) is 29.2 Å². The molecule has 0 aromatic heterocycles. The number of imide groups is 1. The number of thioether (sulfide) groups is 1. The Morgan fingerprint density at radius 2 is 1.64 bits per heavy atom. The van der Waals surface area contributed by atoms with Gasteiger partial charge in [-0.2, -0.15) is 0 Å². The zero-order valence-corrected chi connectivity index (χ0v) is 26.3. The lowest BCUT2D eigenvalue weighted by Gasteiger charge is -2.36. The van der Waals surface area contributed by atoms with Gasteiger partial charge in [-0.25, -0.2) is 0 Å². The molecule has 0 bridgehead atoms. The van der Waals surface area contributed by atoms with Crippen molar-refractivity contribution in [1.82, 2.24) is 9.80 Å². The van der Waals surface area contributed by atoms with E-state index in [0.29, 0.717) is 43.2 Å². The highest BCUT2D eigenvalue weighted by Gasteiger charge is 2.37. The molecule has 0 unspecified atom stereocenters. The third kappa shape index (κ3) is 7.66. The first-order valence-corrected chi connectivity index (χ1v) is 15.6. The SMILES string of the molecule is COc1cc(/C=C2\SC(=O)N(CC(=O)N3CCN(c4ccccc4)CC3)C2=O)ccc1OCC(=O)Nc1ccccc1C(C)C. The highest BCUT2D eigenvalue weighted by atomic mass is 32.2. The molecule has 3 aromatic carbocycles. The quantitative estimate of drug-likeness (QED) is 0.305. The zero-order chi connectivity index (χ0) is 31.9. The van der Waals surface area contributed by atoms with Crippen molar-refractivity contribution < 1.29 is 28.7 Å². The standard InChI is InChI=1S/C34H36N4O6S/c1-23(2)26-11-7-8-12-27(26)35-31(39)22-44-28-14-13-24(19-29(28)43-3)20-30-33(41)38(34(42)45-30)21-32(40)37-17-15-36(16-18-37)25-9-5-4-6-10-25/h4-14,19-20,23H,15-18,21-22H2,1-3H3,(H,35,39)/b30-20-. The van der Waals surface area contributed by atoms with Crippen molar-refractivity contribution in [2.75, 3.05) is 56.7 Å². The Labute approximate surface area is 267 Å². The van der Waals surface area contributed by atoms with Crippen LogP contribution < -0.4 is 19.7 Å². The summed E-state index contributed by atoms with van der Waals surface area (Å²) in [5, 5.41) is 2.41. The van der Waals surface area contributed by atoms with E-state index in [9.17, 15) is 19.2 Å². The van der Waals surface area contributed by atoms with Gasteiger partial charge in [0.2, 0.25) is 5.91 Å². The molecule has 0 radical (unpaired) electrons. The van der Waals surface area contributed by atoms with Gasteiger partial charge < -0.3 is 24.6 Å². The summed E-state index contributed by atoms with van der Waals surface area (Å²) in [5.41, 5.74) is 3.47. The lowest BCUT2D eigenvalue weighted by molar-refractivity contribution is -0.136. The van der Waals surface area contributed by atoms with E-state index in [1.807, 2.05) is 54.6 Å². The molecule has 0 saturated carbocycles. The summed E-state index contributed by atoms with van der Waals surface area (Å²) >= 11 is 0.793. The molecule has 45 heavy (non-hydrogen) atoms. The number of benzene rings is 3. The second-order valence-electron chi connectivity index (χ2n) is 11.0. The third-order valence-electron chi connectivity index (χ3n) is 7.62. The van der Waals surface area contributed by atoms with Gasteiger partial charge >= 0.3 is 0 Å². The molecule has 3 aromatic rings. The summed E-state index contributed by atoms with van der Waals surface area (Å²) in [5.74, 6) is -0.116. The molecule has 2 fully saturated rings. The Bertz CT molecular complexity index is 1600. The molecule has 2 aliphatic rings. The first kappa shape index (κ1) is 31.6. The molecule has 10 nitrogen and oxygen atoms in total. The molecular weight excluding hydrogens is 592 g/mol. The smallest absolute Gasteiger partial charge is 0.294 e. The van der Waals surface area contributed by atoms with Crippen LogP contribution in [0.25, 0.3) is 6.08 Å². The summed E-state index contributed by atoms with van der Waals surface area (Å²) in [6.07, 6.45) is 1.58. The van der Waals surface area contributed by atoms with Crippen LogP contribution in [0.5, 0.6) is 11.5 Å². The van der Waals surface area contributed by atoms with Gasteiger partial charge in [0.15, 0.2) is 18.1 Å². The van der Waals surface area contributed by atoms with Crippen LogP contribution in [0.15, 0.2) is 77.7 Å². The monoisotopic (exact) mass is 628 g/mol. The van der Waals surface area contributed by atoms with Gasteiger partial charge in [0.05, 0.1) is 12.0 Å². The Hall–Kier alpha value is -4.77. The highest BCUT2D eigenvalue weighted by molar-refractivity contribution is 8.18. The molecule has 4 amide bonds. The maximum Gasteiger partial charge on any atom is 0.294 e. The normalized spacial score (nSPS) is 16.0. The number of hydrogen-bond donors (Lipinski definition) is 1. The van der Waals surface area contributed by atoms with E-state index in [4.69, 9.17) is 9.47 Å². The number of nitrogens with zero attached hydrogens (tertiary/aromatic N) is 3. The van der Waals surface area contributed by atoms with E-state index in [0.717, 1.165) is 33.6 Å². The predicted octanol–water partition coefficient (Wildman–Crippen LogP) is 5.22. The van der Waals surface area contributed by atoms with Gasteiger partial charge in [0.25, 0.3) is 17.1 Å². The molecule has 2 aliphatic heterocycles. The van der Waals surface area contributed by atoms with Crippen molar-refractivity contribution in [2.45, 2.75) is 19.8 Å². The maximum atomic E-state index is 13.1. The second-order valence-corrected chi connectivity index (χ2v) is 12.0. The largest absolute Gasteiger partial charge is 0.493 e. The minimum absolute atomic E-state index is 0.209. The van der Waals surface area contributed by atoms with Gasteiger partial charge in [0, 0.05) is 37.6 Å². The molecular formula is C34H36N4O6S. The first-order valence-electron chi connectivity index (χ1n) is 14.8. The minimum Gasteiger partial charge on any atom is -0.493 e. The van der Waals surface area contributed by atoms with E-state index >= 15 is 0 Å². The Morgan fingerprint density at radius 3 is 2.36 bits per heavy atom. The number of hydrogen-bond acceptors (Lipinski definition) is 8. The number of para-hydroxylation sites is 2. The fourth-order valence-electron chi connectivity index (χ4n) is 5.21. The number of carbonyl (C=O) groups excluding carboxylic acids is 4. The average Bonchev–Trinajstić information content (AvgIpc) is 3.31. The van der Waals surface area contributed by atoms with Crippen LogP contribution in [0.4, 0.5) is 16.2 Å². The van der Waals surface area contributed by atoms with Gasteiger partial charge in [0.1, 0.15) is 6.54 Å². The van der Waals surface area contributed by atoms with Crippen LogP contribution in [-0.4, -0.2) is 79.2 Å². The zero-order valence-electron chi connectivity index (χ0n) is 25.5. The number of piperazine rings is 1. The highest BCUT2D eigenvalue weighted by Crippen LogP contribution is 2.35. The third-order valence-corrected chi connectivity index (χ3v) is 8.53. The number of nitrogens with one attached hydrogen (secondary N) is 1. The van der Waals surface area contributed by atoms with Gasteiger partial charge in [-0.3, -0.25) is 24.1 Å². The number of anilines is 2. The lowest BCUT2D eigenvalue weighted by Crippen LogP contribution is -2.51. The van der Waals surface area contributed by atoms with Crippen molar-refractivity contribution in [3.63, 3.8) is 0 Å². The minimum atomic E-state index is -0.515. The lowest BCUT2D eigenvalue weighted by atomic mass is 10.0. The predicted molar refractivity (Wildman–Crippen MR) is 176 cm³/mol. The second kappa shape index (κ2) is 14.3. The summed E-state index contributed by atoms with van der Waals surface area (Å²) < 4.78 is 11.2. The Balaban J connectivity index is 1.17. The van der Waals surface area contributed by atoms with Crippen molar-refractivity contribution in [3.8, 4) is 11.5 Å². The van der Waals surface area contributed by atoms with Gasteiger partial charge in [-0.15, -0.1) is 0 Å². The number of ether oxygens (including phenoxy) is 2. The summed E-state index contributed by atoms with van der Waals surface area (Å²) in [6.45, 7) is 5.98. The molecule has 0 atom stereocenters. The van der Waals surface area contributed by atoms with Crippen LogP contribution in [0.3, 0.4) is 0 Å². The number of methoxy groups -OCH3 is 1. The van der Waals surface area contributed by atoms with Gasteiger partial charge in [-0.05, 0) is 65.2 Å². The summed E-state index contributed by atoms with van der Waals surface area (Å²) in [7, 11) is 1.48. The fourth-order valence-corrected chi connectivity index (χ4v) is 6.05. The van der Waals surface area contributed by atoms with Crippen LogP contribution in [0.2, 0.25) is 0 Å². The summed E-state index contributed by atoms with van der Waals surface area (Å²) in [4.78, 5) is 56.6. The topological polar surface area (TPSA) is 108 Å².